The number of nitrogens with zero attached hydrogens (tertiary/aromatic N) is 5. The molecule has 3 aromatic rings. The summed E-state index contributed by atoms with van der Waals surface area (Å²) < 4.78 is 39.4. The maximum absolute atomic E-state index is 13.1. The SMILES string of the molecule is FC(F)(F)c1ncccc1Sc1cnc2nc(N3CC4CCC3CN4)[nH]c2n1. The lowest BCUT2D eigenvalue weighted by Crippen LogP contribution is -2.61. The molecule has 0 saturated carbocycles. The Morgan fingerprint density at radius 3 is 2.79 bits per heavy atom. The van der Waals surface area contributed by atoms with E-state index in [1.54, 1.807) is 0 Å². The number of nitrogens with one attached hydrogen (secondary N) is 2. The molecule has 2 unspecified atom stereocenters. The molecule has 2 atom stereocenters. The molecule has 6 heterocycles. The quantitative estimate of drug-likeness (QED) is 0.691. The molecule has 0 amide bonds. The third-order valence-electron chi connectivity index (χ3n) is 5.05. The van der Waals surface area contributed by atoms with E-state index < -0.39 is 11.9 Å². The van der Waals surface area contributed by atoms with Crippen LogP contribution in [0.5, 0.6) is 0 Å². The molecular weight excluding hydrogens is 391 g/mol. The molecule has 0 spiro atoms. The van der Waals surface area contributed by atoms with E-state index in [4.69, 9.17) is 0 Å². The molecule has 0 aromatic carbocycles. The number of anilines is 1. The van der Waals surface area contributed by atoms with Crippen LogP contribution in [0.4, 0.5) is 19.1 Å². The smallest absolute Gasteiger partial charge is 0.336 e. The molecule has 3 saturated heterocycles. The zero-order chi connectivity index (χ0) is 19.3. The maximum Gasteiger partial charge on any atom is 0.434 e. The van der Waals surface area contributed by atoms with Crippen molar-refractivity contribution in [1.29, 1.82) is 0 Å². The Labute approximate surface area is 162 Å². The van der Waals surface area contributed by atoms with Gasteiger partial charge in [-0.05, 0) is 25.0 Å². The van der Waals surface area contributed by atoms with Crippen LogP contribution in [-0.4, -0.2) is 50.1 Å². The highest BCUT2D eigenvalue weighted by atomic mass is 32.2. The molecule has 0 radical (unpaired) electrons. The van der Waals surface area contributed by atoms with Crippen LogP contribution in [0.15, 0.2) is 34.4 Å². The third-order valence-corrected chi connectivity index (χ3v) is 6.00. The summed E-state index contributed by atoms with van der Waals surface area (Å²) in [6.45, 7) is 1.79. The molecule has 11 heteroatoms. The molecule has 3 aliphatic heterocycles. The monoisotopic (exact) mass is 407 g/mol. The van der Waals surface area contributed by atoms with Gasteiger partial charge in [-0.1, -0.05) is 11.8 Å². The number of aromatic amines is 1. The fraction of sp³-hybridized carbons (Fsp3) is 0.412. The lowest BCUT2D eigenvalue weighted by molar-refractivity contribution is -0.143. The highest BCUT2D eigenvalue weighted by molar-refractivity contribution is 7.99. The van der Waals surface area contributed by atoms with E-state index in [0.717, 1.165) is 43.9 Å². The third kappa shape index (κ3) is 3.18. The summed E-state index contributed by atoms with van der Waals surface area (Å²) in [5.41, 5.74) is -0.00752. The zero-order valence-corrected chi connectivity index (χ0v) is 15.4. The number of pyridine rings is 1. The van der Waals surface area contributed by atoms with E-state index >= 15 is 0 Å². The molecule has 28 heavy (non-hydrogen) atoms. The van der Waals surface area contributed by atoms with Crippen molar-refractivity contribution in [1.82, 2.24) is 30.2 Å². The average molecular weight is 407 g/mol. The van der Waals surface area contributed by atoms with Gasteiger partial charge in [0.2, 0.25) is 5.95 Å². The number of piperidine rings is 2. The number of halogens is 3. The second-order valence-electron chi connectivity index (χ2n) is 6.88. The summed E-state index contributed by atoms with van der Waals surface area (Å²) >= 11 is 0.885. The molecule has 6 rings (SSSR count). The molecule has 3 fully saturated rings. The molecule has 3 aliphatic rings. The van der Waals surface area contributed by atoms with E-state index in [9.17, 15) is 13.2 Å². The van der Waals surface area contributed by atoms with Gasteiger partial charge in [0.1, 0.15) is 5.03 Å². The van der Waals surface area contributed by atoms with Gasteiger partial charge in [-0.15, -0.1) is 0 Å². The standard InChI is InChI=1S/C17H16F3N7S/c18-17(19,20)13-11(2-1-5-21-13)28-12-7-23-14-15(24-12)26-16(25-14)27-8-9-3-4-10(27)6-22-9/h1-2,5,7,9-10,22H,3-4,6,8H2,(H,23,24,25,26). The Morgan fingerprint density at radius 2 is 2.07 bits per heavy atom. The van der Waals surface area contributed by atoms with Gasteiger partial charge in [0.25, 0.3) is 0 Å². The molecular formula is C17H16F3N7S. The van der Waals surface area contributed by atoms with Crippen molar-refractivity contribution in [3.8, 4) is 0 Å². The van der Waals surface area contributed by atoms with Gasteiger partial charge in [-0.3, -0.25) is 4.98 Å². The van der Waals surface area contributed by atoms with Gasteiger partial charge in [0, 0.05) is 36.3 Å². The minimum absolute atomic E-state index is 0.0113. The summed E-state index contributed by atoms with van der Waals surface area (Å²) in [7, 11) is 0. The number of fused-ring (bicyclic) bond motifs is 4. The molecule has 146 valence electrons. The van der Waals surface area contributed by atoms with Gasteiger partial charge in [-0.2, -0.15) is 18.2 Å². The first kappa shape index (κ1) is 17.7. The minimum Gasteiger partial charge on any atom is -0.336 e. The van der Waals surface area contributed by atoms with Crippen LogP contribution in [0.2, 0.25) is 0 Å². The van der Waals surface area contributed by atoms with Crippen LogP contribution in [0.1, 0.15) is 18.5 Å². The lowest BCUT2D eigenvalue weighted by atomic mass is 9.93. The average Bonchev–Trinajstić information content (AvgIpc) is 3.12. The number of rotatable bonds is 3. The number of aromatic nitrogens is 5. The van der Waals surface area contributed by atoms with Gasteiger partial charge >= 0.3 is 6.18 Å². The molecule has 2 bridgehead atoms. The molecule has 3 aromatic heterocycles. The second-order valence-corrected chi connectivity index (χ2v) is 7.94. The fourth-order valence-electron chi connectivity index (χ4n) is 3.72. The van der Waals surface area contributed by atoms with E-state index in [1.165, 1.54) is 18.3 Å². The van der Waals surface area contributed by atoms with Crippen molar-refractivity contribution in [3.05, 3.63) is 30.2 Å². The first-order valence-corrected chi connectivity index (χ1v) is 9.72. The van der Waals surface area contributed by atoms with Crippen LogP contribution in [-0.2, 0) is 6.18 Å². The van der Waals surface area contributed by atoms with Crippen LogP contribution >= 0.6 is 11.8 Å². The molecule has 0 aliphatic carbocycles. The highest BCUT2D eigenvalue weighted by Crippen LogP contribution is 2.37. The first-order chi connectivity index (χ1) is 13.5. The summed E-state index contributed by atoms with van der Waals surface area (Å²) in [5, 5.41) is 3.84. The van der Waals surface area contributed by atoms with Crippen LogP contribution in [0.25, 0.3) is 11.3 Å². The van der Waals surface area contributed by atoms with Gasteiger partial charge in [0.15, 0.2) is 17.0 Å². The van der Waals surface area contributed by atoms with Crippen molar-refractivity contribution >= 4 is 29.0 Å². The van der Waals surface area contributed by atoms with E-state index in [2.05, 4.69) is 35.1 Å². The number of alkyl halides is 3. The van der Waals surface area contributed by atoms with Gasteiger partial charge < -0.3 is 15.2 Å². The minimum atomic E-state index is -4.52. The highest BCUT2D eigenvalue weighted by Gasteiger charge is 2.36. The number of hydrogen-bond donors (Lipinski definition) is 2. The van der Waals surface area contributed by atoms with Crippen LogP contribution in [0.3, 0.4) is 0 Å². The van der Waals surface area contributed by atoms with Crippen molar-refractivity contribution in [2.24, 2.45) is 0 Å². The van der Waals surface area contributed by atoms with Gasteiger partial charge in [-0.25, -0.2) is 9.97 Å². The Bertz CT molecular complexity index is 1010. The number of H-pyrrole nitrogens is 1. The van der Waals surface area contributed by atoms with E-state index in [0.29, 0.717) is 34.4 Å². The fourth-order valence-corrected chi connectivity index (χ4v) is 4.60. The Kier molecular flexibility index (Phi) is 4.16. The first-order valence-electron chi connectivity index (χ1n) is 8.90. The topological polar surface area (TPSA) is 82.6 Å². The number of imidazole rings is 1. The van der Waals surface area contributed by atoms with Crippen LogP contribution in [0, 0.1) is 0 Å². The predicted octanol–water partition coefficient (Wildman–Crippen LogP) is 2.86. The van der Waals surface area contributed by atoms with Gasteiger partial charge in [0.05, 0.1) is 6.20 Å². The largest absolute Gasteiger partial charge is 0.434 e. The van der Waals surface area contributed by atoms with Crippen molar-refractivity contribution < 1.29 is 13.2 Å². The van der Waals surface area contributed by atoms with Crippen molar-refractivity contribution in [3.63, 3.8) is 0 Å². The normalized spacial score (nSPS) is 22.2. The Hall–Kier alpha value is -2.40. The van der Waals surface area contributed by atoms with E-state index in [1.807, 2.05) is 0 Å². The number of piperazine rings is 1. The Balaban J connectivity index is 1.44. The summed E-state index contributed by atoms with van der Waals surface area (Å²) in [5.74, 6) is 0.714. The lowest BCUT2D eigenvalue weighted by Gasteiger charge is -2.45. The second kappa shape index (κ2) is 6.59. The van der Waals surface area contributed by atoms with E-state index in [-0.39, 0.29) is 4.90 Å². The van der Waals surface area contributed by atoms with Crippen LogP contribution < -0.4 is 10.2 Å². The number of hydrogen-bond acceptors (Lipinski definition) is 7. The summed E-state index contributed by atoms with van der Waals surface area (Å²) in [6.07, 6.45) is 0.311. The maximum atomic E-state index is 13.1. The Morgan fingerprint density at radius 1 is 1.18 bits per heavy atom. The summed E-state index contributed by atoms with van der Waals surface area (Å²) in [6, 6.07) is 3.68. The molecule has 2 N–H and O–H groups in total. The predicted molar refractivity (Wildman–Crippen MR) is 97.2 cm³/mol. The van der Waals surface area contributed by atoms with Crippen molar-refractivity contribution in [2.75, 3.05) is 18.0 Å². The summed E-state index contributed by atoms with van der Waals surface area (Å²) in [4.78, 5) is 22.1. The van der Waals surface area contributed by atoms with Crippen molar-refractivity contribution in [2.45, 2.75) is 41.0 Å². The zero-order valence-electron chi connectivity index (χ0n) is 14.6. The molecule has 7 nitrogen and oxygen atoms in total.